The lowest BCUT2D eigenvalue weighted by atomic mass is 10.1. The molecule has 0 saturated heterocycles. The first-order chi connectivity index (χ1) is 10.1. The molecule has 2 rings (SSSR count). The smallest absolute Gasteiger partial charge is 0.360 e. The van der Waals surface area contributed by atoms with Crippen molar-refractivity contribution in [3.8, 4) is 5.75 Å². The Kier molecular flexibility index (Phi) is 4.71. The van der Waals surface area contributed by atoms with Crippen LogP contribution in [0.1, 0.15) is 21.6 Å². The van der Waals surface area contributed by atoms with Crippen LogP contribution in [0.4, 0.5) is 5.82 Å². The summed E-state index contributed by atoms with van der Waals surface area (Å²) < 4.78 is 10.6. The Bertz CT molecular complexity index is 624. The number of rotatable bonds is 5. The van der Waals surface area contributed by atoms with Crippen LogP contribution in [0.2, 0.25) is 0 Å². The molecule has 0 radical (unpaired) electrons. The van der Waals surface area contributed by atoms with Gasteiger partial charge in [0.25, 0.3) is 0 Å². The van der Waals surface area contributed by atoms with Gasteiger partial charge in [0, 0.05) is 12.4 Å². The van der Waals surface area contributed by atoms with Crippen molar-refractivity contribution in [2.45, 2.75) is 13.8 Å². The normalized spacial score (nSPS) is 10.2. The lowest BCUT2D eigenvalue weighted by molar-refractivity contribution is 0.0444. The van der Waals surface area contributed by atoms with Gasteiger partial charge in [-0.2, -0.15) is 0 Å². The van der Waals surface area contributed by atoms with E-state index in [2.05, 4.69) is 16.0 Å². The molecule has 0 spiro atoms. The molecule has 110 valence electrons. The number of ether oxygens (including phenoxy) is 2. The van der Waals surface area contributed by atoms with E-state index in [-0.39, 0.29) is 24.7 Å². The maximum Gasteiger partial charge on any atom is 0.360 e. The van der Waals surface area contributed by atoms with E-state index in [1.807, 2.05) is 26.0 Å². The summed E-state index contributed by atoms with van der Waals surface area (Å²) in [6.45, 7) is 4.37. The third kappa shape index (κ3) is 4.17. The van der Waals surface area contributed by atoms with Crippen molar-refractivity contribution in [2.24, 2.45) is 0 Å². The molecule has 1 heterocycles. The highest BCUT2D eigenvalue weighted by molar-refractivity contribution is 5.91. The number of esters is 1. The molecule has 21 heavy (non-hydrogen) atoms. The van der Waals surface area contributed by atoms with Crippen LogP contribution in [-0.4, -0.2) is 29.2 Å². The summed E-state index contributed by atoms with van der Waals surface area (Å²) in [5.74, 6) is 0.199. The molecule has 0 aliphatic heterocycles. The highest BCUT2D eigenvalue weighted by Crippen LogP contribution is 2.16. The quantitative estimate of drug-likeness (QED) is 0.667. The fourth-order valence-electron chi connectivity index (χ4n) is 1.88. The van der Waals surface area contributed by atoms with Crippen molar-refractivity contribution in [3.63, 3.8) is 0 Å². The fourth-order valence-corrected chi connectivity index (χ4v) is 1.88. The Morgan fingerprint density at radius 3 is 2.43 bits per heavy atom. The zero-order valence-electron chi connectivity index (χ0n) is 12.0. The van der Waals surface area contributed by atoms with Crippen LogP contribution in [0.5, 0.6) is 5.75 Å². The molecule has 0 aliphatic carbocycles. The molecular formula is C15H17N3O3. The SMILES string of the molecule is Cc1cc(C)cc(OCCOC(=O)c2nccnc2N)c1. The molecular weight excluding hydrogens is 270 g/mol. The predicted molar refractivity (Wildman–Crippen MR) is 78.1 cm³/mol. The molecule has 0 atom stereocenters. The first kappa shape index (κ1) is 14.8. The lowest BCUT2D eigenvalue weighted by Crippen LogP contribution is -2.15. The Balaban J connectivity index is 1.82. The zero-order valence-corrected chi connectivity index (χ0v) is 12.0. The van der Waals surface area contributed by atoms with Gasteiger partial charge in [-0.3, -0.25) is 0 Å². The highest BCUT2D eigenvalue weighted by Gasteiger charge is 2.13. The molecule has 1 aromatic carbocycles. The topological polar surface area (TPSA) is 87.3 Å². The number of carbonyl (C=O) groups excluding carboxylic acids is 1. The summed E-state index contributed by atoms with van der Waals surface area (Å²) in [6.07, 6.45) is 2.80. The maximum atomic E-state index is 11.7. The van der Waals surface area contributed by atoms with Gasteiger partial charge in [-0.15, -0.1) is 0 Å². The number of hydrogen-bond donors (Lipinski definition) is 1. The summed E-state index contributed by atoms with van der Waals surface area (Å²) in [4.78, 5) is 19.3. The Hall–Kier alpha value is -2.63. The summed E-state index contributed by atoms with van der Waals surface area (Å²) in [6, 6.07) is 5.91. The van der Waals surface area contributed by atoms with Gasteiger partial charge in [0.15, 0.2) is 11.5 Å². The predicted octanol–water partition coefficient (Wildman–Crippen LogP) is 1.91. The Labute approximate surface area is 122 Å². The molecule has 0 unspecified atom stereocenters. The van der Waals surface area contributed by atoms with Crippen molar-refractivity contribution < 1.29 is 14.3 Å². The number of aromatic nitrogens is 2. The van der Waals surface area contributed by atoms with Gasteiger partial charge in [0.05, 0.1) is 0 Å². The number of nitrogens with zero attached hydrogens (tertiary/aromatic N) is 2. The average molecular weight is 287 g/mol. The van der Waals surface area contributed by atoms with Crippen LogP contribution >= 0.6 is 0 Å². The zero-order chi connectivity index (χ0) is 15.2. The minimum Gasteiger partial charge on any atom is -0.490 e. The number of nitrogen functional groups attached to an aromatic ring is 1. The van der Waals surface area contributed by atoms with Crippen LogP contribution in [-0.2, 0) is 4.74 Å². The second-order valence-electron chi connectivity index (χ2n) is 4.60. The van der Waals surface area contributed by atoms with Gasteiger partial charge < -0.3 is 15.2 Å². The van der Waals surface area contributed by atoms with Crippen molar-refractivity contribution >= 4 is 11.8 Å². The largest absolute Gasteiger partial charge is 0.490 e. The number of anilines is 1. The Morgan fingerprint density at radius 2 is 1.76 bits per heavy atom. The minimum atomic E-state index is -0.607. The number of nitrogens with two attached hydrogens (primary N) is 1. The Morgan fingerprint density at radius 1 is 1.10 bits per heavy atom. The van der Waals surface area contributed by atoms with E-state index in [1.165, 1.54) is 12.4 Å². The van der Waals surface area contributed by atoms with Gasteiger partial charge in [0.1, 0.15) is 19.0 Å². The van der Waals surface area contributed by atoms with Crippen molar-refractivity contribution in [3.05, 3.63) is 47.4 Å². The van der Waals surface area contributed by atoms with E-state index >= 15 is 0 Å². The van der Waals surface area contributed by atoms with E-state index in [1.54, 1.807) is 0 Å². The molecule has 0 fully saturated rings. The summed E-state index contributed by atoms with van der Waals surface area (Å²) in [5, 5.41) is 0. The first-order valence-electron chi connectivity index (χ1n) is 6.51. The van der Waals surface area contributed by atoms with Gasteiger partial charge in [0.2, 0.25) is 0 Å². The maximum absolute atomic E-state index is 11.7. The number of benzene rings is 1. The van der Waals surface area contributed by atoms with Crippen LogP contribution < -0.4 is 10.5 Å². The lowest BCUT2D eigenvalue weighted by Gasteiger charge is -2.09. The van der Waals surface area contributed by atoms with Crippen LogP contribution in [0.25, 0.3) is 0 Å². The molecule has 2 aromatic rings. The molecule has 6 nitrogen and oxygen atoms in total. The van der Waals surface area contributed by atoms with Crippen LogP contribution in [0, 0.1) is 13.8 Å². The molecule has 1 aromatic heterocycles. The number of aryl methyl sites for hydroxylation is 2. The minimum absolute atomic E-state index is 0.0175. The van der Waals surface area contributed by atoms with Gasteiger partial charge in [-0.05, 0) is 37.1 Å². The third-order valence-electron chi connectivity index (χ3n) is 2.70. The van der Waals surface area contributed by atoms with E-state index in [0.29, 0.717) is 0 Å². The monoisotopic (exact) mass is 287 g/mol. The van der Waals surface area contributed by atoms with Gasteiger partial charge in [-0.25, -0.2) is 14.8 Å². The van der Waals surface area contributed by atoms with Gasteiger partial charge in [-0.1, -0.05) is 6.07 Å². The summed E-state index contributed by atoms with van der Waals surface area (Å²) >= 11 is 0. The van der Waals surface area contributed by atoms with Crippen molar-refractivity contribution in [1.82, 2.24) is 9.97 Å². The van der Waals surface area contributed by atoms with Crippen LogP contribution in [0.3, 0.4) is 0 Å². The van der Waals surface area contributed by atoms with Crippen molar-refractivity contribution in [1.29, 1.82) is 0 Å². The third-order valence-corrected chi connectivity index (χ3v) is 2.70. The first-order valence-corrected chi connectivity index (χ1v) is 6.51. The second kappa shape index (κ2) is 6.69. The van der Waals surface area contributed by atoms with E-state index in [4.69, 9.17) is 15.2 Å². The molecule has 6 heteroatoms. The molecule has 0 aliphatic rings. The van der Waals surface area contributed by atoms with E-state index < -0.39 is 5.97 Å². The molecule has 0 saturated carbocycles. The van der Waals surface area contributed by atoms with E-state index in [0.717, 1.165) is 16.9 Å². The summed E-state index contributed by atoms with van der Waals surface area (Å²) in [7, 11) is 0. The van der Waals surface area contributed by atoms with Crippen molar-refractivity contribution in [2.75, 3.05) is 18.9 Å². The van der Waals surface area contributed by atoms with Gasteiger partial charge >= 0.3 is 5.97 Å². The second-order valence-corrected chi connectivity index (χ2v) is 4.60. The molecule has 0 amide bonds. The molecule has 0 bridgehead atoms. The number of carbonyl (C=O) groups is 1. The highest BCUT2D eigenvalue weighted by atomic mass is 16.6. The number of hydrogen-bond acceptors (Lipinski definition) is 6. The molecule has 2 N–H and O–H groups in total. The van der Waals surface area contributed by atoms with Crippen LogP contribution in [0.15, 0.2) is 30.6 Å². The standard InChI is InChI=1S/C15H17N3O3/c1-10-7-11(2)9-12(8-10)20-5-6-21-15(19)13-14(16)18-4-3-17-13/h3-4,7-9H,5-6H2,1-2H3,(H2,16,18). The summed E-state index contributed by atoms with van der Waals surface area (Å²) in [5.41, 5.74) is 7.80. The van der Waals surface area contributed by atoms with E-state index in [9.17, 15) is 4.79 Å². The average Bonchev–Trinajstić information content (AvgIpc) is 2.43. The fraction of sp³-hybridized carbons (Fsp3) is 0.267.